The average Bonchev–Trinajstić information content (AvgIpc) is 2.90. The van der Waals surface area contributed by atoms with E-state index in [4.69, 9.17) is 0 Å². The van der Waals surface area contributed by atoms with Gasteiger partial charge < -0.3 is 4.90 Å². The molecule has 0 saturated heterocycles. The van der Waals surface area contributed by atoms with Gasteiger partial charge in [-0.1, -0.05) is 96.1 Å². The summed E-state index contributed by atoms with van der Waals surface area (Å²) < 4.78 is 0. The van der Waals surface area contributed by atoms with Gasteiger partial charge in [-0.3, -0.25) is 0 Å². The number of aryl methyl sites for hydroxylation is 2. The van der Waals surface area contributed by atoms with Crippen molar-refractivity contribution in [3.8, 4) is 11.1 Å². The summed E-state index contributed by atoms with van der Waals surface area (Å²) in [4.78, 5) is 2.32. The van der Waals surface area contributed by atoms with Crippen molar-refractivity contribution in [1.82, 2.24) is 0 Å². The van der Waals surface area contributed by atoms with Gasteiger partial charge in [0.05, 0.1) is 0 Å². The lowest BCUT2D eigenvalue weighted by molar-refractivity contribution is 1.27. The molecule has 1 heteroatoms. The number of benzene rings is 6. The average molecular weight is 450 g/mol. The maximum absolute atomic E-state index is 2.32. The van der Waals surface area contributed by atoms with E-state index in [1.807, 2.05) is 0 Å². The first-order valence-corrected chi connectivity index (χ1v) is 12.1. The minimum absolute atomic E-state index is 1.14. The third-order valence-corrected chi connectivity index (χ3v) is 6.77. The topological polar surface area (TPSA) is 3.24 Å². The Balaban J connectivity index is 1.51. The van der Waals surface area contributed by atoms with Gasteiger partial charge in [-0.25, -0.2) is 0 Å². The fourth-order valence-corrected chi connectivity index (χ4v) is 4.94. The molecule has 1 nitrogen and oxygen atoms in total. The first-order chi connectivity index (χ1) is 17.2. The van der Waals surface area contributed by atoms with E-state index in [0.717, 1.165) is 17.1 Å². The van der Waals surface area contributed by atoms with Crippen LogP contribution in [0.2, 0.25) is 0 Å². The Morgan fingerprint density at radius 1 is 0.429 bits per heavy atom. The largest absolute Gasteiger partial charge is 0.311 e. The lowest BCUT2D eigenvalue weighted by atomic mass is 9.92. The molecule has 0 atom stereocenters. The van der Waals surface area contributed by atoms with Crippen LogP contribution in [0.1, 0.15) is 11.1 Å². The molecule has 0 fully saturated rings. The zero-order chi connectivity index (χ0) is 23.8. The number of anilines is 3. The number of hydrogen-bond acceptors (Lipinski definition) is 1. The first kappa shape index (κ1) is 21.2. The standard InChI is InChI=1S/C34H27N/c1-24-11-17-29(18-12-24)35(30-19-13-25(2)14-20-30)31-21-15-26(16-22-31)34-32-9-5-3-7-27(32)23-28-8-4-6-10-33(28)34/h3-23H,1-2H3. The monoisotopic (exact) mass is 449 g/mol. The quantitative estimate of drug-likeness (QED) is 0.242. The molecule has 0 aliphatic heterocycles. The van der Waals surface area contributed by atoms with Gasteiger partial charge in [0.15, 0.2) is 0 Å². The van der Waals surface area contributed by atoms with Gasteiger partial charge in [0.2, 0.25) is 0 Å². The lowest BCUT2D eigenvalue weighted by Crippen LogP contribution is -2.09. The second-order valence-electron chi connectivity index (χ2n) is 9.25. The molecule has 6 rings (SSSR count). The zero-order valence-corrected chi connectivity index (χ0v) is 20.1. The SMILES string of the molecule is Cc1ccc(N(c2ccc(C)cc2)c2ccc(-c3c4ccccc4cc4ccccc34)cc2)cc1. The number of nitrogens with zero attached hydrogens (tertiary/aromatic N) is 1. The Morgan fingerprint density at radius 2 is 0.829 bits per heavy atom. The van der Waals surface area contributed by atoms with Gasteiger partial charge in [-0.2, -0.15) is 0 Å². The summed E-state index contributed by atoms with van der Waals surface area (Å²) in [5.74, 6) is 0. The van der Waals surface area contributed by atoms with E-state index < -0.39 is 0 Å². The minimum Gasteiger partial charge on any atom is -0.311 e. The third kappa shape index (κ3) is 3.96. The Hall–Kier alpha value is -4.36. The second kappa shape index (κ2) is 8.77. The Kier molecular flexibility index (Phi) is 5.31. The summed E-state index contributed by atoms with van der Waals surface area (Å²) in [6.07, 6.45) is 0. The van der Waals surface area contributed by atoms with Gasteiger partial charge in [-0.05, 0) is 89.0 Å². The van der Waals surface area contributed by atoms with Crippen LogP contribution in [0, 0.1) is 13.8 Å². The van der Waals surface area contributed by atoms with Crippen LogP contribution in [0.5, 0.6) is 0 Å². The van der Waals surface area contributed by atoms with Crippen LogP contribution in [0.4, 0.5) is 17.1 Å². The van der Waals surface area contributed by atoms with E-state index in [2.05, 4.69) is 146 Å². The van der Waals surface area contributed by atoms with Crippen molar-refractivity contribution in [2.45, 2.75) is 13.8 Å². The normalized spacial score (nSPS) is 11.1. The zero-order valence-electron chi connectivity index (χ0n) is 20.1. The molecule has 6 aromatic carbocycles. The van der Waals surface area contributed by atoms with E-state index in [1.54, 1.807) is 0 Å². The summed E-state index contributed by atoms with van der Waals surface area (Å²) in [5.41, 5.74) is 8.50. The van der Waals surface area contributed by atoms with Crippen molar-refractivity contribution in [2.75, 3.05) is 4.90 Å². The van der Waals surface area contributed by atoms with Crippen molar-refractivity contribution in [2.24, 2.45) is 0 Å². The molecule has 0 spiro atoms. The second-order valence-corrected chi connectivity index (χ2v) is 9.25. The highest BCUT2D eigenvalue weighted by Crippen LogP contribution is 2.39. The molecule has 168 valence electrons. The predicted octanol–water partition coefficient (Wildman–Crippen LogP) is 9.75. The van der Waals surface area contributed by atoms with E-state index in [0.29, 0.717) is 0 Å². The summed E-state index contributed by atoms with van der Waals surface area (Å²) in [6.45, 7) is 4.26. The summed E-state index contributed by atoms with van der Waals surface area (Å²) >= 11 is 0. The Bertz CT molecular complexity index is 1530. The van der Waals surface area contributed by atoms with Crippen LogP contribution < -0.4 is 4.90 Å². The number of hydrogen-bond donors (Lipinski definition) is 0. The van der Waals surface area contributed by atoms with Gasteiger partial charge in [0, 0.05) is 17.1 Å². The van der Waals surface area contributed by atoms with Gasteiger partial charge in [0.25, 0.3) is 0 Å². The third-order valence-electron chi connectivity index (χ3n) is 6.77. The smallest absolute Gasteiger partial charge is 0.0462 e. The molecule has 0 aliphatic rings. The summed E-state index contributed by atoms with van der Waals surface area (Å²) in [6, 6.07) is 46.1. The van der Waals surface area contributed by atoms with Gasteiger partial charge in [-0.15, -0.1) is 0 Å². The van der Waals surface area contributed by atoms with Crippen molar-refractivity contribution in [3.63, 3.8) is 0 Å². The van der Waals surface area contributed by atoms with Crippen LogP contribution in [0.25, 0.3) is 32.7 Å². The maximum atomic E-state index is 2.32. The van der Waals surface area contributed by atoms with Crippen LogP contribution in [0.3, 0.4) is 0 Å². The fraction of sp³-hybridized carbons (Fsp3) is 0.0588. The number of rotatable bonds is 4. The highest BCUT2D eigenvalue weighted by molar-refractivity contribution is 6.12. The Labute approximate surface area is 206 Å². The molecule has 0 aromatic heterocycles. The molecule has 0 N–H and O–H groups in total. The maximum Gasteiger partial charge on any atom is 0.0462 e. The van der Waals surface area contributed by atoms with Crippen molar-refractivity contribution in [3.05, 3.63) is 139 Å². The highest BCUT2D eigenvalue weighted by Gasteiger charge is 2.14. The van der Waals surface area contributed by atoms with Crippen molar-refractivity contribution >= 4 is 38.6 Å². The van der Waals surface area contributed by atoms with Gasteiger partial charge >= 0.3 is 0 Å². The molecule has 0 aliphatic carbocycles. The van der Waals surface area contributed by atoms with E-state index in [-0.39, 0.29) is 0 Å². The number of fused-ring (bicyclic) bond motifs is 2. The fourth-order valence-electron chi connectivity index (χ4n) is 4.94. The molecular formula is C34H27N. The van der Waals surface area contributed by atoms with Crippen LogP contribution in [0.15, 0.2) is 127 Å². The minimum atomic E-state index is 1.14. The van der Waals surface area contributed by atoms with Crippen LogP contribution >= 0.6 is 0 Å². The van der Waals surface area contributed by atoms with E-state index >= 15 is 0 Å². The molecule has 0 saturated carbocycles. The lowest BCUT2D eigenvalue weighted by Gasteiger charge is -2.26. The highest BCUT2D eigenvalue weighted by atomic mass is 15.1. The molecule has 35 heavy (non-hydrogen) atoms. The van der Waals surface area contributed by atoms with Gasteiger partial charge in [0.1, 0.15) is 0 Å². The van der Waals surface area contributed by atoms with Crippen LogP contribution in [-0.4, -0.2) is 0 Å². The summed E-state index contributed by atoms with van der Waals surface area (Å²) in [7, 11) is 0. The summed E-state index contributed by atoms with van der Waals surface area (Å²) in [5, 5.41) is 5.11. The van der Waals surface area contributed by atoms with E-state index in [9.17, 15) is 0 Å². The molecule has 0 amide bonds. The molecule has 0 bridgehead atoms. The molecule has 6 aromatic rings. The molecule has 0 radical (unpaired) electrons. The molecule has 0 heterocycles. The Morgan fingerprint density at radius 3 is 1.29 bits per heavy atom. The first-order valence-electron chi connectivity index (χ1n) is 12.1. The predicted molar refractivity (Wildman–Crippen MR) is 151 cm³/mol. The van der Waals surface area contributed by atoms with Crippen molar-refractivity contribution < 1.29 is 0 Å². The molecule has 0 unspecified atom stereocenters. The van der Waals surface area contributed by atoms with E-state index in [1.165, 1.54) is 43.8 Å². The molecular weight excluding hydrogens is 422 g/mol. The van der Waals surface area contributed by atoms with Crippen molar-refractivity contribution in [1.29, 1.82) is 0 Å². The van der Waals surface area contributed by atoms with Crippen LogP contribution in [-0.2, 0) is 0 Å².